The second kappa shape index (κ2) is 7.34. The van der Waals surface area contributed by atoms with Crippen molar-refractivity contribution in [2.75, 3.05) is 5.32 Å². The van der Waals surface area contributed by atoms with Crippen LogP contribution in [0.1, 0.15) is 30.0 Å². The Hall–Kier alpha value is -2.26. The first-order valence-electron chi connectivity index (χ1n) is 6.52. The fourth-order valence-corrected chi connectivity index (χ4v) is 2.46. The van der Waals surface area contributed by atoms with E-state index in [4.69, 9.17) is 21.4 Å². The van der Waals surface area contributed by atoms with Crippen LogP contribution in [-0.2, 0) is 11.2 Å². The van der Waals surface area contributed by atoms with Gasteiger partial charge in [-0.3, -0.25) is 14.9 Å². The molecule has 8 nitrogen and oxygen atoms in total. The van der Waals surface area contributed by atoms with E-state index in [1.54, 1.807) is 5.38 Å². The molecule has 0 aliphatic carbocycles. The number of ether oxygens (including phenoxy) is 1. The summed E-state index contributed by atoms with van der Waals surface area (Å²) in [6.07, 6.45) is -0.340. The molecule has 10 heteroatoms. The van der Waals surface area contributed by atoms with E-state index in [2.05, 4.69) is 20.3 Å². The zero-order valence-electron chi connectivity index (χ0n) is 12.2. The molecular weight excluding hydrogens is 344 g/mol. The number of carbonyl (C=O) groups excluding carboxylic acids is 1. The van der Waals surface area contributed by atoms with Gasteiger partial charge in [0.2, 0.25) is 11.2 Å². The van der Waals surface area contributed by atoms with E-state index in [0.717, 1.165) is 11.3 Å². The lowest BCUT2D eigenvalue weighted by Crippen LogP contribution is -2.15. The molecule has 0 saturated heterocycles. The SMILES string of the molecule is CC(C)Oc1cc(C(=O)Nc2nc(CC(=O)O)cs2)nc(Cl)n1. The van der Waals surface area contributed by atoms with Crippen molar-refractivity contribution >= 4 is 39.9 Å². The molecule has 0 spiro atoms. The molecule has 23 heavy (non-hydrogen) atoms. The predicted octanol–water partition coefficient (Wildman–Crippen LogP) is 2.25. The zero-order valence-corrected chi connectivity index (χ0v) is 13.8. The standard InChI is InChI=1S/C13H13ClN4O4S/c1-6(2)22-9-4-8(16-12(14)17-9)11(21)18-13-15-7(5-23-13)3-10(19)20/h4-6H,3H2,1-2H3,(H,19,20)(H,15,18,21). The van der Waals surface area contributed by atoms with Crippen molar-refractivity contribution in [2.45, 2.75) is 26.4 Å². The molecule has 0 saturated carbocycles. The third-order valence-corrected chi connectivity index (χ3v) is 3.34. The molecule has 2 aromatic heterocycles. The number of nitrogens with zero attached hydrogens (tertiary/aromatic N) is 3. The average molecular weight is 357 g/mol. The van der Waals surface area contributed by atoms with Gasteiger partial charge < -0.3 is 9.84 Å². The van der Waals surface area contributed by atoms with Crippen LogP contribution in [0.5, 0.6) is 5.88 Å². The van der Waals surface area contributed by atoms with Crippen LogP contribution in [0.15, 0.2) is 11.4 Å². The molecule has 0 atom stereocenters. The van der Waals surface area contributed by atoms with Crippen molar-refractivity contribution in [1.29, 1.82) is 0 Å². The second-order valence-electron chi connectivity index (χ2n) is 4.70. The molecule has 2 aromatic rings. The Bertz CT molecular complexity index is 735. The summed E-state index contributed by atoms with van der Waals surface area (Å²) in [5.41, 5.74) is 0.387. The normalized spacial score (nSPS) is 10.6. The Labute approximate surface area is 140 Å². The first kappa shape index (κ1) is 17.1. The maximum atomic E-state index is 12.2. The van der Waals surface area contributed by atoms with Gasteiger partial charge in [0.05, 0.1) is 18.2 Å². The average Bonchev–Trinajstić information content (AvgIpc) is 2.83. The number of anilines is 1. The molecule has 2 rings (SSSR count). The number of hydrogen-bond donors (Lipinski definition) is 2. The number of hydrogen-bond acceptors (Lipinski definition) is 7. The van der Waals surface area contributed by atoms with Gasteiger partial charge in [-0.25, -0.2) is 9.97 Å². The molecule has 0 bridgehead atoms. The highest BCUT2D eigenvalue weighted by Crippen LogP contribution is 2.19. The molecule has 122 valence electrons. The molecule has 0 unspecified atom stereocenters. The number of aromatic nitrogens is 3. The van der Waals surface area contributed by atoms with Crippen LogP contribution in [0.3, 0.4) is 0 Å². The summed E-state index contributed by atoms with van der Waals surface area (Å²) in [5.74, 6) is -1.35. The number of halogens is 1. The highest BCUT2D eigenvalue weighted by molar-refractivity contribution is 7.14. The monoisotopic (exact) mass is 356 g/mol. The molecule has 2 N–H and O–H groups in total. The molecule has 0 aromatic carbocycles. The fraction of sp³-hybridized carbons (Fsp3) is 0.308. The van der Waals surface area contributed by atoms with Gasteiger partial charge in [0.25, 0.3) is 5.91 Å². The fourth-order valence-electron chi connectivity index (χ4n) is 1.58. The van der Waals surface area contributed by atoms with Crippen LogP contribution >= 0.6 is 22.9 Å². The maximum Gasteiger partial charge on any atom is 0.309 e. The number of carboxylic acids is 1. The van der Waals surface area contributed by atoms with E-state index in [0.29, 0.717) is 5.69 Å². The Morgan fingerprint density at radius 3 is 2.78 bits per heavy atom. The van der Waals surface area contributed by atoms with E-state index in [9.17, 15) is 9.59 Å². The third-order valence-electron chi connectivity index (χ3n) is 2.37. The van der Waals surface area contributed by atoms with Gasteiger partial charge in [0.1, 0.15) is 5.69 Å². The largest absolute Gasteiger partial charge is 0.481 e. The molecule has 0 aliphatic heterocycles. The van der Waals surface area contributed by atoms with E-state index in [1.165, 1.54) is 6.07 Å². The van der Waals surface area contributed by atoms with Gasteiger partial charge in [-0.1, -0.05) is 0 Å². The van der Waals surface area contributed by atoms with Crippen molar-refractivity contribution in [3.05, 3.63) is 28.1 Å². The van der Waals surface area contributed by atoms with Crippen molar-refractivity contribution in [2.24, 2.45) is 0 Å². The number of thiazole rings is 1. The van der Waals surface area contributed by atoms with E-state index < -0.39 is 11.9 Å². The molecule has 1 amide bonds. The maximum absolute atomic E-state index is 12.2. The highest BCUT2D eigenvalue weighted by atomic mass is 35.5. The number of amides is 1. The molecular formula is C13H13ClN4O4S. The summed E-state index contributed by atoms with van der Waals surface area (Å²) < 4.78 is 5.39. The first-order chi connectivity index (χ1) is 10.8. The van der Waals surface area contributed by atoms with Crippen LogP contribution in [0.2, 0.25) is 5.28 Å². The lowest BCUT2D eigenvalue weighted by atomic mass is 10.3. The topological polar surface area (TPSA) is 114 Å². The summed E-state index contributed by atoms with van der Waals surface area (Å²) in [7, 11) is 0. The Kier molecular flexibility index (Phi) is 5.45. The lowest BCUT2D eigenvalue weighted by molar-refractivity contribution is -0.136. The molecule has 2 heterocycles. The van der Waals surface area contributed by atoms with Crippen molar-refractivity contribution in [3.8, 4) is 5.88 Å². The van der Waals surface area contributed by atoms with E-state index >= 15 is 0 Å². The van der Waals surface area contributed by atoms with Crippen molar-refractivity contribution in [3.63, 3.8) is 0 Å². The van der Waals surface area contributed by atoms with Gasteiger partial charge in [-0.15, -0.1) is 11.3 Å². The summed E-state index contributed by atoms with van der Waals surface area (Å²) >= 11 is 6.90. The molecule has 0 fully saturated rings. The van der Waals surface area contributed by atoms with Crippen LogP contribution in [-0.4, -0.2) is 38.0 Å². The predicted molar refractivity (Wildman–Crippen MR) is 84.2 cm³/mol. The minimum absolute atomic E-state index is 0.0237. The molecule has 0 aliphatic rings. The minimum Gasteiger partial charge on any atom is -0.481 e. The highest BCUT2D eigenvalue weighted by Gasteiger charge is 2.15. The van der Waals surface area contributed by atoms with Gasteiger partial charge in [0, 0.05) is 11.4 Å². The number of nitrogens with one attached hydrogen (secondary N) is 1. The molecule has 0 radical (unpaired) electrons. The summed E-state index contributed by atoms with van der Waals surface area (Å²) in [4.78, 5) is 34.5. The van der Waals surface area contributed by atoms with Crippen LogP contribution < -0.4 is 10.1 Å². The zero-order chi connectivity index (χ0) is 17.0. The number of carbonyl (C=O) groups is 2. The summed E-state index contributed by atoms with van der Waals surface area (Å²) in [6.45, 7) is 3.63. The van der Waals surface area contributed by atoms with Gasteiger partial charge in [-0.05, 0) is 25.4 Å². The van der Waals surface area contributed by atoms with Gasteiger partial charge in [0.15, 0.2) is 5.13 Å². The van der Waals surface area contributed by atoms with Crippen molar-refractivity contribution < 1.29 is 19.4 Å². The Balaban J connectivity index is 2.12. The van der Waals surface area contributed by atoms with E-state index in [-0.39, 0.29) is 34.5 Å². The van der Waals surface area contributed by atoms with Crippen LogP contribution in [0.4, 0.5) is 5.13 Å². The third kappa shape index (κ3) is 5.15. The Morgan fingerprint density at radius 1 is 1.39 bits per heavy atom. The number of aliphatic carboxylic acids is 1. The second-order valence-corrected chi connectivity index (χ2v) is 5.89. The van der Waals surface area contributed by atoms with Crippen molar-refractivity contribution in [1.82, 2.24) is 15.0 Å². The van der Waals surface area contributed by atoms with E-state index in [1.807, 2.05) is 13.8 Å². The van der Waals surface area contributed by atoms with Crippen LogP contribution in [0, 0.1) is 0 Å². The van der Waals surface area contributed by atoms with Gasteiger partial charge in [-0.2, -0.15) is 4.98 Å². The lowest BCUT2D eigenvalue weighted by Gasteiger charge is -2.09. The van der Waals surface area contributed by atoms with Crippen LogP contribution in [0.25, 0.3) is 0 Å². The number of carboxylic acid groups (broad SMARTS) is 1. The first-order valence-corrected chi connectivity index (χ1v) is 7.78. The smallest absolute Gasteiger partial charge is 0.309 e. The summed E-state index contributed by atoms with van der Waals surface area (Å²) in [6, 6.07) is 1.37. The Morgan fingerprint density at radius 2 is 2.13 bits per heavy atom. The summed E-state index contributed by atoms with van der Waals surface area (Å²) in [5, 5.41) is 12.9. The quantitative estimate of drug-likeness (QED) is 0.763. The minimum atomic E-state index is -0.994. The van der Waals surface area contributed by atoms with Gasteiger partial charge >= 0.3 is 5.97 Å². The number of rotatable bonds is 6.